The molecule has 0 saturated heterocycles. The van der Waals surface area contributed by atoms with Crippen LogP contribution in [0.25, 0.3) is 0 Å². The van der Waals surface area contributed by atoms with Crippen molar-refractivity contribution in [3.05, 3.63) is 36.6 Å². The second-order valence-corrected chi connectivity index (χ2v) is 2.44. The van der Waals surface area contributed by atoms with Crippen molar-refractivity contribution in [3.8, 4) is 0 Å². The van der Waals surface area contributed by atoms with Gasteiger partial charge in [0.15, 0.2) is 5.82 Å². The van der Waals surface area contributed by atoms with Crippen LogP contribution in [0.1, 0.15) is 18.6 Å². The van der Waals surface area contributed by atoms with Gasteiger partial charge in [-0.05, 0) is 19.9 Å². The summed E-state index contributed by atoms with van der Waals surface area (Å²) in [7, 11) is 0. The van der Waals surface area contributed by atoms with Crippen LogP contribution in [0.2, 0.25) is 0 Å². The number of aromatic amines is 1. The molecule has 1 aromatic rings. The molecule has 0 radical (unpaired) electrons. The number of aromatic nitrogens is 3. The number of aryl methyl sites for hydroxylation is 1. The lowest BCUT2D eigenvalue weighted by Crippen LogP contribution is -1.98. The summed E-state index contributed by atoms with van der Waals surface area (Å²) in [5, 5.41) is 6.74. The fraction of sp³-hybridized carbons (Fsp3) is 0.222. The van der Waals surface area contributed by atoms with E-state index in [1.807, 2.05) is 26.0 Å². The molecule has 0 aliphatic heterocycles. The van der Waals surface area contributed by atoms with Gasteiger partial charge in [-0.1, -0.05) is 12.7 Å². The number of allylic oxidation sites excluding steroid dienone is 2. The highest BCUT2D eigenvalue weighted by Crippen LogP contribution is 1.96. The minimum Gasteiger partial charge on any atom is -0.263 e. The van der Waals surface area contributed by atoms with E-state index in [9.17, 15) is 0 Å². The predicted molar refractivity (Wildman–Crippen MR) is 52.7 cm³/mol. The Labute approximate surface area is 77.1 Å². The van der Waals surface area contributed by atoms with Gasteiger partial charge in [0.25, 0.3) is 0 Å². The second-order valence-electron chi connectivity index (χ2n) is 2.44. The molecule has 0 atom stereocenters. The number of aliphatic imine (C=N–C) groups is 1. The maximum atomic E-state index is 4.15. The van der Waals surface area contributed by atoms with Gasteiger partial charge in [-0.3, -0.25) is 10.1 Å². The van der Waals surface area contributed by atoms with E-state index in [-0.39, 0.29) is 0 Å². The number of nitrogens with one attached hydrogen (secondary N) is 1. The molecule has 0 aromatic carbocycles. The van der Waals surface area contributed by atoms with Gasteiger partial charge in [0, 0.05) is 6.20 Å². The van der Waals surface area contributed by atoms with Crippen molar-refractivity contribution >= 4 is 5.71 Å². The minimum absolute atomic E-state index is 0.593. The molecule has 1 N–H and O–H groups in total. The zero-order chi connectivity index (χ0) is 9.68. The monoisotopic (exact) mass is 176 g/mol. The smallest absolute Gasteiger partial charge is 0.199 e. The number of rotatable bonds is 3. The van der Waals surface area contributed by atoms with Crippen LogP contribution in [0.3, 0.4) is 0 Å². The Kier molecular flexibility index (Phi) is 3.14. The molecule has 1 rings (SSSR count). The third-order valence-electron chi connectivity index (χ3n) is 1.38. The third-order valence-corrected chi connectivity index (χ3v) is 1.38. The van der Waals surface area contributed by atoms with Gasteiger partial charge in [-0.2, -0.15) is 5.10 Å². The van der Waals surface area contributed by atoms with Crippen LogP contribution in [0, 0.1) is 6.92 Å². The third kappa shape index (κ3) is 2.37. The predicted octanol–water partition coefficient (Wildman–Crippen LogP) is 1.62. The van der Waals surface area contributed by atoms with Crippen LogP contribution in [0.15, 0.2) is 29.9 Å². The molecule has 0 aliphatic carbocycles. The molecular weight excluding hydrogens is 164 g/mol. The van der Waals surface area contributed by atoms with E-state index in [2.05, 4.69) is 26.8 Å². The van der Waals surface area contributed by atoms with Gasteiger partial charge in [-0.25, -0.2) is 4.98 Å². The molecule has 4 heteroatoms. The summed E-state index contributed by atoms with van der Waals surface area (Å²) in [6, 6.07) is 0. The summed E-state index contributed by atoms with van der Waals surface area (Å²) < 4.78 is 0. The molecule has 0 aliphatic rings. The van der Waals surface area contributed by atoms with E-state index in [1.165, 1.54) is 6.20 Å². The van der Waals surface area contributed by atoms with E-state index in [0.29, 0.717) is 11.5 Å². The van der Waals surface area contributed by atoms with Gasteiger partial charge in [-0.15, -0.1) is 0 Å². The Morgan fingerprint density at radius 3 is 2.85 bits per heavy atom. The van der Waals surface area contributed by atoms with Crippen LogP contribution in [-0.2, 0) is 0 Å². The van der Waals surface area contributed by atoms with Crippen molar-refractivity contribution in [2.75, 3.05) is 0 Å². The normalized spacial score (nSPS) is 12.3. The van der Waals surface area contributed by atoms with Crippen molar-refractivity contribution < 1.29 is 0 Å². The first-order valence-electron chi connectivity index (χ1n) is 3.98. The Morgan fingerprint density at radius 1 is 1.62 bits per heavy atom. The van der Waals surface area contributed by atoms with Crippen LogP contribution in [0.5, 0.6) is 0 Å². The fourth-order valence-corrected chi connectivity index (χ4v) is 0.889. The molecule has 68 valence electrons. The van der Waals surface area contributed by atoms with Crippen LogP contribution in [-0.4, -0.2) is 20.9 Å². The quantitative estimate of drug-likeness (QED) is 0.711. The fourth-order valence-electron chi connectivity index (χ4n) is 0.889. The zero-order valence-corrected chi connectivity index (χ0v) is 7.78. The number of H-pyrrole nitrogens is 1. The van der Waals surface area contributed by atoms with Gasteiger partial charge in [0.2, 0.25) is 0 Å². The lowest BCUT2D eigenvalue weighted by Gasteiger charge is -1.90. The first kappa shape index (κ1) is 9.38. The van der Waals surface area contributed by atoms with Crippen molar-refractivity contribution in [3.63, 3.8) is 0 Å². The van der Waals surface area contributed by atoms with E-state index in [4.69, 9.17) is 0 Å². The number of hydrogen-bond donors (Lipinski definition) is 1. The number of nitrogens with zero attached hydrogens (tertiary/aromatic N) is 3. The first-order valence-corrected chi connectivity index (χ1v) is 3.98. The molecule has 0 saturated carbocycles. The average molecular weight is 176 g/mol. The maximum absolute atomic E-state index is 4.15. The second kappa shape index (κ2) is 4.35. The van der Waals surface area contributed by atoms with Gasteiger partial charge in [0.1, 0.15) is 11.5 Å². The molecule has 1 heterocycles. The first-order chi connectivity index (χ1) is 6.27. The summed E-state index contributed by atoms with van der Waals surface area (Å²) in [6.07, 6.45) is 5.19. The average Bonchev–Trinajstić information content (AvgIpc) is 2.51. The van der Waals surface area contributed by atoms with Crippen LogP contribution in [0.4, 0.5) is 0 Å². The van der Waals surface area contributed by atoms with Crippen molar-refractivity contribution in [2.45, 2.75) is 13.8 Å². The van der Waals surface area contributed by atoms with E-state index < -0.39 is 0 Å². The molecule has 0 spiro atoms. The Morgan fingerprint density at radius 2 is 2.38 bits per heavy atom. The lowest BCUT2D eigenvalue weighted by molar-refractivity contribution is 1.03. The Balaban J connectivity index is 3.01. The summed E-state index contributed by atoms with van der Waals surface area (Å²) >= 11 is 0. The number of hydrogen-bond acceptors (Lipinski definition) is 3. The molecule has 0 unspecified atom stereocenters. The molecule has 1 aromatic heterocycles. The lowest BCUT2D eigenvalue weighted by atomic mass is 10.3. The summed E-state index contributed by atoms with van der Waals surface area (Å²) in [6.45, 7) is 7.29. The summed E-state index contributed by atoms with van der Waals surface area (Å²) in [5.74, 6) is 1.37. The van der Waals surface area contributed by atoms with Crippen LogP contribution >= 0.6 is 0 Å². The van der Waals surface area contributed by atoms with Crippen LogP contribution < -0.4 is 0 Å². The maximum Gasteiger partial charge on any atom is 0.199 e. The molecule has 4 nitrogen and oxygen atoms in total. The topological polar surface area (TPSA) is 53.9 Å². The summed E-state index contributed by atoms with van der Waals surface area (Å²) in [5.41, 5.74) is 0.710. The minimum atomic E-state index is 0.593. The van der Waals surface area contributed by atoms with Crippen molar-refractivity contribution in [1.82, 2.24) is 15.2 Å². The molecule has 0 bridgehead atoms. The van der Waals surface area contributed by atoms with E-state index >= 15 is 0 Å². The van der Waals surface area contributed by atoms with Gasteiger partial charge < -0.3 is 0 Å². The van der Waals surface area contributed by atoms with E-state index in [1.54, 1.807) is 0 Å². The Hall–Kier alpha value is -1.71. The van der Waals surface area contributed by atoms with Crippen molar-refractivity contribution in [2.24, 2.45) is 4.99 Å². The largest absolute Gasteiger partial charge is 0.263 e. The van der Waals surface area contributed by atoms with Crippen molar-refractivity contribution in [1.29, 1.82) is 0 Å². The molecule has 13 heavy (non-hydrogen) atoms. The van der Waals surface area contributed by atoms with Gasteiger partial charge in [0.05, 0.1) is 0 Å². The Bertz CT molecular complexity index is 346. The highest BCUT2D eigenvalue weighted by Gasteiger charge is 2.03. The highest BCUT2D eigenvalue weighted by atomic mass is 15.2. The zero-order valence-electron chi connectivity index (χ0n) is 7.78. The van der Waals surface area contributed by atoms with Gasteiger partial charge >= 0.3 is 0 Å². The van der Waals surface area contributed by atoms with E-state index in [0.717, 1.165) is 5.82 Å². The summed E-state index contributed by atoms with van der Waals surface area (Å²) in [4.78, 5) is 8.20. The molecule has 0 amide bonds. The highest BCUT2D eigenvalue weighted by molar-refractivity contribution is 6.06. The molecular formula is C9H12N4. The SMILES string of the molecule is C=CN=C(/C=C\C)c1n[nH]c(C)n1. The standard InChI is InChI=1S/C9H12N4/c1-4-6-8(10-5-2)9-11-7(3)12-13-9/h4-6H,2H2,1,3H3,(H,11,12,13)/b6-4-,10-8?. The molecule has 0 fully saturated rings.